The van der Waals surface area contributed by atoms with Gasteiger partial charge in [0.1, 0.15) is 18.1 Å². The van der Waals surface area contributed by atoms with Crippen molar-refractivity contribution in [3.05, 3.63) is 54.2 Å². The second kappa shape index (κ2) is 12.9. The van der Waals surface area contributed by atoms with Crippen molar-refractivity contribution in [2.24, 2.45) is 11.7 Å². The number of aromatic amines is 2. The minimum Gasteiger partial charge on any atom is -0.480 e. The van der Waals surface area contributed by atoms with Crippen LogP contribution in [0.3, 0.4) is 0 Å². The largest absolute Gasteiger partial charge is 0.480 e. The number of nitrogens with one attached hydrogen (secondary N) is 5. The van der Waals surface area contributed by atoms with Crippen LogP contribution >= 0.6 is 0 Å². The summed E-state index contributed by atoms with van der Waals surface area (Å²) >= 11 is 0. The number of hydrogen-bond acceptors (Lipinski definition) is 6. The van der Waals surface area contributed by atoms with Gasteiger partial charge in [-0.15, -0.1) is 0 Å². The highest BCUT2D eigenvalue weighted by Crippen LogP contribution is 2.19. The number of nitrogens with zero attached hydrogens (tertiary/aromatic N) is 1. The molecule has 12 heteroatoms. The predicted octanol–water partition coefficient (Wildman–Crippen LogP) is 0.609. The topological polar surface area (TPSA) is 195 Å². The number of fused-ring (bicyclic) bond motifs is 1. The van der Waals surface area contributed by atoms with Crippen molar-refractivity contribution in [3.8, 4) is 0 Å². The Bertz CT molecular complexity index is 1250. The number of H-pyrrole nitrogens is 2. The molecule has 2 aromatic heterocycles. The molecule has 4 atom stereocenters. The highest BCUT2D eigenvalue weighted by molar-refractivity contribution is 5.94. The summed E-state index contributed by atoms with van der Waals surface area (Å²) in [5.74, 6) is -2.90. The molecular weight excluding hydrogens is 490 g/mol. The Hall–Kier alpha value is -4.19. The molecule has 0 unspecified atom stereocenters. The number of aromatic nitrogens is 3. The van der Waals surface area contributed by atoms with Crippen LogP contribution in [0.2, 0.25) is 0 Å². The maximum atomic E-state index is 13.4. The van der Waals surface area contributed by atoms with Gasteiger partial charge in [-0.3, -0.25) is 14.4 Å². The molecule has 38 heavy (non-hydrogen) atoms. The molecule has 0 aliphatic carbocycles. The molecule has 3 rings (SSSR count). The van der Waals surface area contributed by atoms with Crippen LogP contribution in [0.25, 0.3) is 10.9 Å². The molecule has 2 heterocycles. The second-order valence-corrected chi connectivity index (χ2v) is 9.77. The highest BCUT2D eigenvalue weighted by Gasteiger charge is 2.31. The molecule has 1 aromatic carbocycles. The van der Waals surface area contributed by atoms with Crippen molar-refractivity contribution in [3.63, 3.8) is 0 Å². The predicted molar refractivity (Wildman–Crippen MR) is 141 cm³/mol. The molecule has 0 spiro atoms. The first-order chi connectivity index (χ1) is 18.0. The molecule has 3 amide bonds. The van der Waals surface area contributed by atoms with E-state index in [0.29, 0.717) is 12.1 Å². The average Bonchev–Trinajstić information content (AvgIpc) is 3.52. The average molecular weight is 526 g/mol. The van der Waals surface area contributed by atoms with Crippen LogP contribution in [0.4, 0.5) is 0 Å². The van der Waals surface area contributed by atoms with Crippen LogP contribution in [0.5, 0.6) is 0 Å². The maximum absolute atomic E-state index is 13.4. The number of benzene rings is 1. The van der Waals surface area contributed by atoms with Gasteiger partial charge in [0.25, 0.3) is 0 Å². The normalized spacial score (nSPS) is 14.4. The number of amides is 3. The van der Waals surface area contributed by atoms with Gasteiger partial charge in [-0.2, -0.15) is 0 Å². The summed E-state index contributed by atoms with van der Waals surface area (Å²) in [6.45, 7) is 5.32. The molecule has 0 saturated heterocycles. The minimum atomic E-state index is -1.27. The number of hydrogen-bond donors (Lipinski definition) is 7. The van der Waals surface area contributed by atoms with Crippen LogP contribution in [0.1, 0.15) is 38.4 Å². The number of carbonyl (C=O) groups excluding carboxylic acids is 3. The number of carboxylic acids is 1. The van der Waals surface area contributed by atoms with E-state index in [9.17, 15) is 24.3 Å². The summed E-state index contributed by atoms with van der Waals surface area (Å²) in [6, 6.07) is 3.38. The smallest absolute Gasteiger partial charge is 0.326 e. The van der Waals surface area contributed by atoms with Gasteiger partial charge in [0, 0.05) is 36.1 Å². The van der Waals surface area contributed by atoms with Gasteiger partial charge < -0.3 is 36.8 Å². The van der Waals surface area contributed by atoms with Crippen molar-refractivity contribution in [2.45, 2.75) is 64.2 Å². The van der Waals surface area contributed by atoms with Gasteiger partial charge >= 0.3 is 5.97 Å². The first-order valence-corrected chi connectivity index (χ1v) is 12.5. The van der Waals surface area contributed by atoms with Gasteiger partial charge in [-0.05, 0) is 30.9 Å². The summed E-state index contributed by atoms with van der Waals surface area (Å²) in [5, 5.41) is 18.5. The third-order valence-corrected chi connectivity index (χ3v) is 6.07. The third-order valence-electron chi connectivity index (χ3n) is 6.07. The van der Waals surface area contributed by atoms with E-state index in [-0.39, 0.29) is 18.8 Å². The van der Waals surface area contributed by atoms with E-state index < -0.39 is 47.9 Å². The quantitative estimate of drug-likeness (QED) is 0.170. The third kappa shape index (κ3) is 7.65. The zero-order chi connectivity index (χ0) is 27.8. The molecule has 0 aliphatic heterocycles. The van der Waals surface area contributed by atoms with Crippen LogP contribution in [-0.2, 0) is 32.0 Å². The zero-order valence-electron chi connectivity index (χ0n) is 21.7. The Morgan fingerprint density at radius 2 is 1.58 bits per heavy atom. The first-order valence-electron chi connectivity index (χ1n) is 12.5. The SMILES string of the molecule is CC(C)C[C@H](NC(=O)[C@H](C)N)C(=O)N[C@@H](Cc1c[nH]c2ccccc12)C(=O)N[C@@H](Cc1c[nH]cn1)C(=O)O. The first kappa shape index (κ1) is 28.4. The van der Waals surface area contributed by atoms with Crippen molar-refractivity contribution in [1.82, 2.24) is 30.9 Å². The summed E-state index contributed by atoms with van der Waals surface area (Å²) in [4.78, 5) is 60.9. The van der Waals surface area contributed by atoms with Crippen LogP contribution in [0, 0.1) is 5.92 Å². The summed E-state index contributed by atoms with van der Waals surface area (Å²) in [7, 11) is 0. The Morgan fingerprint density at radius 3 is 2.21 bits per heavy atom. The Kier molecular flexibility index (Phi) is 9.61. The van der Waals surface area contributed by atoms with Crippen LogP contribution in [0.15, 0.2) is 43.0 Å². The van der Waals surface area contributed by atoms with E-state index in [2.05, 4.69) is 30.9 Å². The van der Waals surface area contributed by atoms with E-state index >= 15 is 0 Å². The van der Waals surface area contributed by atoms with E-state index in [0.717, 1.165) is 16.5 Å². The fourth-order valence-corrected chi connectivity index (χ4v) is 4.09. The second-order valence-electron chi connectivity index (χ2n) is 9.77. The Morgan fingerprint density at radius 1 is 0.921 bits per heavy atom. The summed E-state index contributed by atoms with van der Waals surface area (Å²) in [6.07, 6.45) is 5.08. The van der Waals surface area contributed by atoms with Crippen molar-refractivity contribution < 1.29 is 24.3 Å². The molecule has 0 bridgehead atoms. The van der Waals surface area contributed by atoms with Gasteiger partial charge in [-0.25, -0.2) is 9.78 Å². The Labute approximate surface area is 220 Å². The van der Waals surface area contributed by atoms with Gasteiger partial charge in [-0.1, -0.05) is 32.0 Å². The van der Waals surface area contributed by atoms with E-state index in [1.807, 2.05) is 38.1 Å². The molecule has 8 N–H and O–H groups in total. The Balaban J connectivity index is 1.86. The van der Waals surface area contributed by atoms with E-state index in [1.165, 1.54) is 13.3 Å². The van der Waals surface area contributed by atoms with Crippen molar-refractivity contribution >= 4 is 34.6 Å². The molecule has 0 saturated carbocycles. The summed E-state index contributed by atoms with van der Waals surface area (Å²) in [5.41, 5.74) is 7.76. The molecule has 12 nitrogen and oxygen atoms in total. The number of aliphatic carboxylic acids is 1. The standard InChI is InChI=1S/C26H35N7O5/c1-14(2)8-20(31-23(34)15(3)27)24(35)32-21(9-16-11-29-19-7-5-4-6-18(16)19)25(36)33-22(26(37)38)10-17-12-28-13-30-17/h4-7,11-15,20-22,29H,8-10,27H2,1-3H3,(H,28,30)(H,31,34)(H,32,35)(H,33,36)(H,37,38)/t15-,20-,21-,22-/m0/s1. The number of carbonyl (C=O) groups is 4. The van der Waals surface area contributed by atoms with Crippen molar-refractivity contribution in [1.29, 1.82) is 0 Å². The number of nitrogens with two attached hydrogens (primary N) is 1. The molecule has 0 fully saturated rings. The van der Waals surface area contributed by atoms with Crippen LogP contribution < -0.4 is 21.7 Å². The summed E-state index contributed by atoms with van der Waals surface area (Å²) < 4.78 is 0. The number of para-hydroxylation sites is 1. The van der Waals surface area contributed by atoms with Crippen molar-refractivity contribution in [2.75, 3.05) is 0 Å². The molecule has 0 aliphatic rings. The van der Waals surface area contributed by atoms with Crippen LogP contribution in [-0.4, -0.2) is 67.9 Å². The molecule has 0 radical (unpaired) electrons. The number of imidazole rings is 1. The highest BCUT2D eigenvalue weighted by atomic mass is 16.4. The maximum Gasteiger partial charge on any atom is 0.326 e. The lowest BCUT2D eigenvalue weighted by Gasteiger charge is -2.25. The number of rotatable bonds is 13. The lowest BCUT2D eigenvalue weighted by Crippen LogP contribution is -2.57. The van der Waals surface area contributed by atoms with Gasteiger partial charge in [0.05, 0.1) is 18.1 Å². The fourth-order valence-electron chi connectivity index (χ4n) is 4.09. The monoisotopic (exact) mass is 525 g/mol. The zero-order valence-corrected chi connectivity index (χ0v) is 21.7. The van der Waals surface area contributed by atoms with Gasteiger partial charge in [0.2, 0.25) is 17.7 Å². The number of carboxylic acid groups (broad SMARTS) is 1. The fraction of sp³-hybridized carbons (Fsp3) is 0.423. The lowest BCUT2D eigenvalue weighted by atomic mass is 10.00. The molecular formula is C26H35N7O5. The molecule has 204 valence electrons. The van der Waals surface area contributed by atoms with Gasteiger partial charge in [0.15, 0.2) is 0 Å². The molecule has 3 aromatic rings. The van der Waals surface area contributed by atoms with E-state index in [4.69, 9.17) is 5.73 Å². The minimum absolute atomic E-state index is 0.0429. The van der Waals surface area contributed by atoms with E-state index in [1.54, 1.807) is 12.4 Å². The lowest BCUT2D eigenvalue weighted by molar-refractivity contribution is -0.142.